The van der Waals surface area contributed by atoms with Crippen LogP contribution < -0.4 is 0 Å². The molecule has 2 aliphatic heterocycles. The SMILES string of the molecule is C[C@@H](Cc1cc2nncn2cc1F)CN1CC2(CC(Cc3ccc(Cl)c4c3CN(C)C4=O)C2)C1. The van der Waals surface area contributed by atoms with Crippen LogP contribution in [0.3, 0.4) is 0 Å². The summed E-state index contributed by atoms with van der Waals surface area (Å²) in [4.78, 5) is 16.7. The molecule has 0 bridgehead atoms. The molecule has 1 saturated carbocycles. The van der Waals surface area contributed by atoms with Gasteiger partial charge in [0.15, 0.2) is 5.65 Å². The number of fused-ring (bicyclic) bond motifs is 2. The summed E-state index contributed by atoms with van der Waals surface area (Å²) in [6, 6.07) is 5.81. The number of benzene rings is 1. The molecule has 2 fully saturated rings. The summed E-state index contributed by atoms with van der Waals surface area (Å²) in [5.74, 6) is 0.897. The number of carbonyl (C=O) groups excluding carboxylic acids is 1. The maximum atomic E-state index is 14.4. The molecule has 0 radical (unpaired) electrons. The highest BCUT2D eigenvalue weighted by atomic mass is 35.5. The highest BCUT2D eigenvalue weighted by Gasteiger charge is 2.52. The number of amides is 1. The van der Waals surface area contributed by atoms with Gasteiger partial charge in [0.2, 0.25) is 0 Å². The average molecular weight is 482 g/mol. The molecular formula is C26H29ClFN5O. The molecule has 3 aliphatic rings. The Morgan fingerprint density at radius 3 is 2.85 bits per heavy atom. The topological polar surface area (TPSA) is 53.7 Å². The molecule has 0 unspecified atom stereocenters. The summed E-state index contributed by atoms with van der Waals surface area (Å²) in [6.45, 7) is 6.13. The number of rotatable bonds is 6. The van der Waals surface area contributed by atoms with Crippen LogP contribution in [0.5, 0.6) is 0 Å². The molecule has 3 aromatic rings. The third kappa shape index (κ3) is 3.69. The lowest BCUT2D eigenvalue weighted by Crippen LogP contribution is -2.63. The van der Waals surface area contributed by atoms with E-state index in [4.69, 9.17) is 11.6 Å². The summed E-state index contributed by atoms with van der Waals surface area (Å²) in [5, 5.41) is 8.44. The summed E-state index contributed by atoms with van der Waals surface area (Å²) >= 11 is 6.32. The largest absolute Gasteiger partial charge is 0.337 e. The van der Waals surface area contributed by atoms with Crippen LogP contribution in [0.1, 0.15) is 46.8 Å². The Labute approximate surface area is 203 Å². The van der Waals surface area contributed by atoms with Crippen molar-refractivity contribution in [3.8, 4) is 0 Å². The molecule has 8 heteroatoms. The third-order valence-corrected chi connectivity index (χ3v) is 8.30. The Morgan fingerprint density at radius 2 is 2.06 bits per heavy atom. The Kier molecular flexibility index (Phi) is 5.19. The predicted molar refractivity (Wildman–Crippen MR) is 128 cm³/mol. The Hall–Kier alpha value is -2.51. The van der Waals surface area contributed by atoms with E-state index in [1.807, 2.05) is 19.2 Å². The number of hydrogen-bond acceptors (Lipinski definition) is 4. The van der Waals surface area contributed by atoms with Gasteiger partial charge in [-0.3, -0.25) is 9.20 Å². The molecule has 1 saturated heterocycles. The van der Waals surface area contributed by atoms with E-state index in [0.29, 0.717) is 52.0 Å². The van der Waals surface area contributed by atoms with E-state index in [-0.39, 0.29) is 11.7 Å². The van der Waals surface area contributed by atoms with Gasteiger partial charge in [0, 0.05) is 39.4 Å². The van der Waals surface area contributed by atoms with Gasteiger partial charge in [-0.05, 0) is 71.8 Å². The lowest BCUT2D eigenvalue weighted by atomic mass is 9.56. The second kappa shape index (κ2) is 8.02. The highest BCUT2D eigenvalue weighted by molar-refractivity contribution is 6.34. The van der Waals surface area contributed by atoms with Gasteiger partial charge in [0.25, 0.3) is 5.91 Å². The molecule has 6 rings (SSSR count). The number of aromatic nitrogens is 3. The summed E-state index contributed by atoms with van der Waals surface area (Å²) < 4.78 is 16.0. The molecule has 1 amide bonds. The number of nitrogens with zero attached hydrogens (tertiary/aromatic N) is 5. The van der Waals surface area contributed by atoms with Crippen molar-refractivity contribution in [1.82, 2.24) is 24.4 Å². The van der Waals surface area contributed by atoms with E-state index in [1.165, 1.54) is 30.9 Å². The van der Waals surface area contributed by atoms with Crippen LogP contribution in [-0.4, -0.2) is 57.0 Å². The average Bonchev–Trinajstić information content (AvgIpc) is 3.31. The molecule has 34 heavy (non-hydrogen) atoms. The number of pyridine rings is 1. The van der Waals surface area contributed by atoms with Gasteiger partial charge in [-0.25, -0.2) is 4.39 Å². The van der Waals surface area contributed by atoms with Crippen molar-refractivity contribution in [3.63, 3.8) is 0 Å². The minimum atomic E-state index is -0.192. The van der Waals surface area contributed by atoms with E-state index in [9.17, 15) is 9.18 Å². The number of halogens is 2. The molecule has 1 atom stereocenters. The van der Waals surface area contributed by atoms with E-state index >= 15 is 0 Å². The van der Waals surface area contributed by atoms with Crippen molar-refractivity contribution < 1.29 is 9.18 Å². The molecule has 2 aromatic heterocycles. The van der Waals surface area contributed by atoms with Gasteiger partial charge in [-0.15, -0.1) is 10.2 Å². The minimum Gasteiger partial charge on any atom is -0.337 e. The quantitative estimate of drug-likeness (QED) is 0.528. The molecule has 1 spiro atoms. The van der Waals surface area contributed by atoms with E-state index in [0.717, 1.165) is 31.6 Å². The second-order valence-electron chi connectivity index (χ2n) is 10.9. The van der Waals surface area contributed by atoms with Crippen molar-refractivity contribution in [2.24, 2.45) is 17.3 Å². The van der Waals surface area contributed by atoms with Crippen molar-refractivity contribution in [1.29, 1.82) is 0 Å². The Morgan fingerprint density at radius 1 is 1.26 bits per heavy atom. The van der Waals surface area contributed by atoms with Crippen molar-refractivity contribution in [2.75, 3.05) is 26.7 Å². The normalized spacial score (nSPS) is 20.6. The molecule has 4 heterocycles. The van der Waals surface area contributed by atoms with Crippen LogP contribution in [-0.2, 0) is 19.4 Å². The fraction of sp³-hybridized carbons (Fsp3) is 0.500. The second-order valence-corrected chi connectivity index (χ2v) is 11.3. The third-order valence-electron chi connectivity index (χ3n) is 7.99. The zero-order chi connectivity index (χ0) is 23.6. The fourth-order valence-corrected chi connectivity index (χ4v) is 6.85. The number of likely N-dealkylation sites (tertiary alicyclic amines) is 1. The van der Waals surface area contributed by atoms with Gasteiger partial charge >= 0.3 is 0 Å². The number of hydrogen-bond donors (Lipinski definition) is 0. The van der Waals surface area contributed by atoms with E-state index < -0.39 is 0 Å². The van der Waals surface area contributed by atoms with Crippen molar-refractivity contribution >= 4 is 23.2 Å². The van der Waals surface area contributed by atoms with Crippen LogP contribution in [0.25, 0.3) is 5.65 Å². The van der Waals surface area contributed by atoms with Gasteiger partial charge < -0.3 is 9.80 Å². The lowest BCUT2D eigenvalue weighted by Gasteiger charge is -2.60. The first-order valence-corrected chi connectivity index (χ1v) is 12.4. The Balaban J connectivity index is 1.01. The molecule has 0 N–H and O–H groups in total. The lowest BCUT2D eigenvalue weighted by molar-refractivity contribution is -0.0981. The van der Waals surface area contributed by atoms with Crippen LogP contribution in [0, 0.1) is 23.1 Å². The smallest absolute Gasteiger partial charge is 0.255 e. The molecular weight excluding hydrogens is 453 g/mol. The zero-order valence-electron chi connectivity index (χ0n) is 19.6. The molecule has 178 valence electrons. The monoisotopic (exact) mass is 481 g/mol. The highest BCUT2D eigenvalue weighted by Crippen LogP contribution is 2.53. The summed E-state index contributed by atoms with van der Waals surface area (Å²) in [6.07, 6.45) is 7.22. The summed E-state index contributed by atoms with van der Waals surface area (Å²) in [5.41, 5.74) is 4.98. The maximum absolute atomic E-state index is 14.4. The van der Waals surface area contributed by atoms with Crippen LogP contribution >= 0.6 is 11.6 Å². The first kappa shape index (κ1) is 22.0. The van der Waals surface area contributed by atoms with Crippen molar-refractivity contribution in [3.05, 3.63) is 63.8 Å². The van der Waals surface area contributed by atoms with Crippen molar-refractivity contribution in [2.45, 2.75) is 39.2 Å². The van der Waals surface area contributed by atoms with Gasteiger partial charge in [0.1, 0.15) is 12.1 Å². The van der Waals surface area contributed by atoms with Crippen LogP contribution in [0.2, 0.25) is 5.02 Å². The zero-order valence-corrected chi connectivity index (χ0v) is 20.4. The first-order valence-electron chi connectivity index (χ1n) is 12.1. The maximum Gasteiger partial charge on any atom is 0.255 e. The van der Waals surface area contributed by atoms with Gasteiger partial charge in [0.05, 0.1) is 10.6 Å². The molecule has 1 aromatic carbocycles. The van der Waals surface area contributed by atoms with Crippen LogP contribution in [0.4, 0.5) is 4.39 Å². The minimum absolute atomic E-state index is 0.0388. The summed E-state index contributed by atoms with van der Waals surface area (Å²) in [7, 11) is 1.84. The molecule has 1 aliphatic carbocycles. The van der Waals surface area contributed by atoms with Gasteiger partial charge in [-0.1, -0.05) is 24.6 Å². The Bertz CT molecular complexity index is 1280. The van der Waals surface area contributed by atoms with E-state index in [2.05, 4.69) is 28.1 Å². The first-order chi connectivity index (χ1) is 16.3. The number of carbonyl (C=O) groups is 1. The van der Waals surface area contributed by atoms with Crippen LogP contribution in [0.15, 0.2) is 30.7 Å². The van der Waals surface area contributed by atoms with Gasteiger partial charge in [-0.2, -0.15) is 0 Å². The standard InChI is InChI=1S/C26H29ClFN5O/c1-16(5-19-7-23-30-29-15-33(23)12-22(19)28)10-32-13-26(14-32)8-17(9-26)6-18-3-4-21(27)24-20(18)11-31(2)25(24)34/h3-4,7,12,15-17H,5-6,8-11,13-14H2,1-2H3/t16-/m0/s1. The fourth-order valence-electron chi connectivity index (χ4n) is 6.60. The predicted octanol–water partition coefficient (Wildman–Crippen LogP) is 4.24. The molecule has 6 nitrogen and oxygen atoms in total. The van der Waals surface area contributed by atoms with E-state index in [1.54, 1.807) is 9.30 Å².